The lowest BCUT2D eigenvalue weighted by atomic mass is 9.99. The summed E-state index contributed by atoms with van der Waals surface area (Å²) in [6, 6.07) is 0. The van der Waals surface area contributed by atoms with Gasteiger partial charge in [0.2, 0.25) is 5.79 Å². The van der Waals surface area contributed by atoms with Crippen LogP contribution in [0, 0.1) is 0 Å². The minimum Gasteiger partial charge on any atom is -0.394 e. The third kappa shape index (κ3) is 2.87. The third-order valence-corrected chi connectivity index (χ3v) is 4.03. The zero-order valence-corrected chi connectivity index (χ0v) is 11.9. The maximum absolute atomic E-state index is 9.99. The molecule has 130 valence electrons. The zero-order chi connectivity index (χ0) is 16.7. The first-order valence-electron chi connectivity index (χ1n) is 6.90. The molecule has 22 heavy (non-hydrogen) atoms. The Hall–Kier alpha value is -0.400. The molecular formula is C12H22O10. The Balaban J connectivity index is 2.16. The average molecular weight is 326 g/mol. The van der Waals surface area contributed by atoms with Crippen LogP contribution in [0.2, 0.25) is 0 Å². The molecule has 0 bridgehead atoms. The maximum atomic E-state index is 9.99. The molecule has 0 amide bonds. The highest BCUT2D eigenvalue weighted by atomic mass is 16.8. The molecule has 2 saturated heterocycles. The van der Waals surface area contributed by atoms with E-state index in [2.05, 4.69) is 0 Å². The molecule has 0 saturated carbocycles. The lowest BCUT2D eigenvalue weighted by Crippen LogP contribution is -2.61. The largest absolute Gasteiger partial charge is 0.394 e. The smallest absolute Gasteiger partial charge is 0.224 e. The number of rotatable bonds is 4. The van der Waals surface area contributed by atoms with Crippen molar-refractivity contribution >= 4 is 0 Å². The van der Waals surface area contributed by atoms with E-state index in [0.29, 0.717) is 0 Å². The van der Waals surface area contributed by atoms with Crippen LogP contribution in [0.15, 0.2) is 0 Å². The highest BCUT2D eigenvalue weighted by molar-refractivity contribution is 4.98. The van der Waals surface area contributed by atoms with Crippen molar-refractivity contribution < 1.29 is 50.0 Å². The van der Waals surface area contributed by atoms with Crippen LogP contribution in [0.1, 0.15) is 6.92 Å². The molecule has 0 aliphatic carbocycles. The number of aliphatic hydroxyl groups excluding tert-OH is 7. The van der Waals surface area contributed by atoms with Gasteiger partial charge in [0.15, 0.2) is 6.29 Å². The minimum atomic E-state index is -2.14. The number of aliphatic hydroxyl groups is 7. The van der Waals surface area contributed by atoms with E-state index >= 15 is 0 Å². The summed E-state index contributed by atoms with van der Waals surface area (Å²) >= 11 is 0. The Labute approximate surface area is 126 Å². The molecule has 2 fully saturated rings. The monoisotopic (exact) mass is 326 g/mol. The summed E-state index contributed by atoms with van der Waals surface area (Å²) in [4.78, 5) is 0. The maximum Gasteiger partial charge on any atom is 0.224 e. The summed E-state index contributed by atoms with van der Waals surface area (Å²) in [6.45, 7) is -0.102. The van der Waals surface area contributed by atoms with Crippen molar-refractivity contribution in [3.8, 4) is 0 Å². The topological polar surface area (TPSA) is 169 Å². The Kier molecular flexibility index (Phi) is 5.39. The van der Waals surface area contributed by atoms with Crippen LogP contribution < -0.4 is 0 Å². The van der Waals surface area contributed by atoms with E-state index in [0.717, 1.165) is 0 Å². The van der Waals surface area contributed by atoms with Crippen molar-refractivity contribution in [3.63, 3.8) is 0 Å². The molecule has 0 aromatic rings. The standard InChI is InChI=1S/C12H22O10/c1-4-6(15)8(17)9(18)11(20-4)22-12(3-14)10(19)7(16)5(2-13)21-12/h4-11,13-19H,2-3H2,1H3/t4-,5+,6+,7+,8+,9-,10-,11-,12-/m0/s1. The quantitative estimate of drug-likeness (QED) is 0.268. The van der Waals surface area contributed by atoms with Crippen molar-refractivity contribution in [1.82, 2.24) is 0 Å². The first kappa shape index (κ1) is 17.9. The Morgan fingerprint density at radius 1 is 0.955 bits per heavy atom. The van der Waals surface area contributed by atoms with Crippen LogP contribution in [0.3, 0.4) is 0 Å². The second kappa shape index (κ2) is 6.61. The fourth-order valence-corrected chi connectivity index (χ4v) is 2.58. The molecule has 0 aromatic carbocycles. The van der Waals surface area contributed by atoms with Gasteiger partial charge in [-0.2, -0.15) is 0 Å². The van der Waals surface area contributed by atoms with Gasteiger partial charge in [-0.05, 0) is 6.92 Å². The molecule has 0 radical (unpaired) electrons. The van der Waals surface area contributed by atoms with E-state index in [9.17, 15) is 30.6 Å². The van der Waals surface area contributed by atoms with Gasteiger partial charge in [0.05, 0.1) is 12.7 Å². The molecule has 10 nitrogen and oxygen atoms in total. The first-order valence-corrected chi connectivity index (χ1v) is 6.90. The van der Waals surface area contributed by atoms with Crippen LogP contribution in [-0.4, -0.2) is 104 Å². The van der Waals surface area contributed by atoms with Gasteiger partial charge in [0.1, 0.15) is 43.2 Å². The molecule has 0 unspecified atom stereocenters. The number of hydrogen-bond acceptors (Lipinski definition) is 10. The Bertz CT molecular complexity index is 381. The van der Waals surface area contributed by atoms with Gasteiger partial charge >= 0.3 is 0 Å². The van der Waals surface area contributed by atoms with Gasteiger partial charge in [0, 0.05) is 0 Å². The van der Waals surface area contributed by atoms with Gasteiger partial charge in [-0.3, -0.25) is 0 Å². The van der Waals surface area contributed by atoms with E-state index in [1.165, 1.54) is 6.92 Å². The summed E-state index contributed by atoms with van der Waals surface area (Å²) < 4.78 is 15.6. The van der Waals surface area contributed by atoms with Crippen LogP contribution in [0.4, 0.5) is 0 Å². The molecule has 2 heterocycles. The summed E-state index contributed by atoms with van der Waals surface area (Å²) in [7, 11) is 0. The first-order chi connectivity index (χ1) is 10.3. The molecule has 9 atom stereocenters. The summed E-state index contributed by atoms with van der Waals surface area (Å²) in [5.41, 5.74) is 0. The van der Waals surface area contributed by atoms with E-state index in [1.54, 1.807) is 0 Å². The fraction of sp³-hybridized carbons (Fsp3) is 1.00. The third-order valence-electron chi connectivity index (χ3n) is 4.03. The van der Waals surface area contributed by atoms with E-state index in [4.69, 9.17) is 19.3 Å². The lowest BCUT2D eigenvalue weighted by Gasteiger charge is -2.42. The SMILES string of the molecule is C[C@@H]1O[C@@H](O[C@]2(CO)O[C@H](CO)[C@@H](O)[C@@H]2O)[C@@H](O)[C@H](O)[C@@H]1O. The lowest BCUT2D eigenvalue weighted by molar-refractivity contribution is -0.380. The molecule has 7 N–H and O–H groups in total. The molecule has 0 aromatic heterocycles. The van der Waals surface area contributed by atoms with Crippen LogP contribution in [-0.2, 0) is 14.2 Å². The Morgan fingerprint density at radius 2 is 1.59 bits per heavy atom. The van der Waals surface area contributed by atoms with E-state index in [1.807, 2.05) is 0 Å². The summed E-state index contributed by atoms with van der Waals surface area (Å²) in [6.07, 6.45) is -11.4. The van der Waals surface area contributed by atoms with Crippen molar-refractivity contribution in [1.29, 1.82) is 0 Å². The molecule has 2 rings (SSSR count). The summed E-state index contributed by atoms with van der Waals surface area (Å²) in [5.74, 6) is -2.14. The van der Waals surface area contributed by atoms with Crippen molar-refractivity contribution in [2.24, 2.45) is 0 Å². The van der Waals surface area contributed by atoms with E-state index < -0.39 is 68.0 Å². The molecule has 2 aliphatic heterocycles. The predicted molar refractivity (Wildman–Crippen MR) is 67.2 cm³/mol. The normalized spacial score (nSPS) is 52.9. The molecule has 2 aliphatic rings. The molecule has 0 spiro atoms. The van der Waals surface area contributed by atoms with Gasteiger partial charge in [-0.15, -0.1) is 0 Å². The minimum absolute atomic E-state index is 0.630. The molecular weight excluding hydrogens is 304 g/mol. The highest BCUT2D eigenvalue weighted by Gasteiger charge is 2.58. The predicted octanol–water partition coefficient (Wildman–Crippen LogP) is -4.37. The van der Waals surface area contributed by atoms with E-state index in [-0.39, 0.29) is 0 Å². The van der Waals surface area contributed by atoms with Gasteiger partial charge in [-0.25, -0.2) is 0 Å². The van der Waals surface area contributed by atoms with Crippen molar-refractivity contribution in [3.05, 3.63) is 0 Å². The second-order valence-corrected chi connectivity index (χ2v) is 5.54. The van der Waals surface area contributed by atoms with Gasteiger partial charge in [-0.1, -0.05) is 0 Å². The van der Waals surface area contributed by atoms with Gasteiger partial charge in [0.25, 0.3) is 0 Å². The second-order valence-electron chi connectivity index (χ2n) is 5.54. The number of hydrogen-bond donors (Lipinski definition) is 7. The van der Waals surface area contributed by atoms with Crippen LogP contribution in [0.5, 0.6) is 0 Å². The van der Waals surface area contributed by atoms with Crippen LogP contribution >= 0.6 is 0 Å². The summed E-state index contributed by atoms with van der Waals surface area (Å²) in [5, 5.41) is 67.5. The Morgan fingerprint density at radius 3 is 2.09 bits per heavy atom. The molecule has 10 heteroatoms. The van der Waals surface area contributed by atoms with Crippen molar-refractivity contribution in [2.75, 3.05) is 13.2 Å². The number of ether oxygens (including phenoxy) is 3. The van der Waals surface area contributed by atoms with Crippen molar-refractivity contribution in [2.45, 2.75) is 61.7 Å². The fourth-order valence-electron chi connectivity index (χ4n) is 2.58. The average Bonchev–Trinajstić information content (AvgIpc) is 2.75. The van der Waals surface area contributed by atoms with Crippen LogP contribution in [0.25, 0.3) is 0 Å². The highest BCUT2D eigenvalue weighted by Crippen LogP contribution is 2.35. The van der Waals surface area contributed by atoms with Gasteiger partial charge < -0.3 is 50.0 Å². The zero-order valence-electron chi connectivity index (χ0n) is 11.9.